The number of fused-ring (bicyclic) bond motifs is 1. The van der Waals surface area contributed by atoms with Crippen LogP contribution < -0.4 is 4.57 Å². The molecule has 2 aromatic carbocycles. The summed E-state index contributed by atoms with van der Waals surface area (Å²) in [6.07, 6.45) is 2.93. The molecule has 2 nitrogen and oxygen atoms in total. The standard InChI is InChI=1S/C18H18N2/c1-4-13-10-14(5-2)12-15(11-13)18-19-16-8-6-7-9-17(16)20(18)3/h4,6-12H,1,5H2,2-3H3/p+1. The first-order valence-corrected chi connectivity index (χ1v) is 6.96. The van der Waals surface area contributed by atoms with Crippen molar-refractivity contribution in [1.29, 1.82) is 0 Å². The molecule has 1 aromatic heterocycles. The molecule has 0 amide bonds. The van der Waals surface area contributed by atoms with Crippen molar-refractivity contribution in [2.45, 2.75) is 13.3 Å². The van der Waals surface area contributed by atoms with Gasteiger partial charge >= 0.3 is 0 Å². The number of H-pyrrole nitrogens is 1. The lowest BCUT2D eigenvalue weighted by molar-refractivity contribution is -0.633. The number of nitrogens with one attached hydrogen (secondary N) is 1. The molecule has 0 aliphatic rings. The smallest absolute Gasteiger partial charge is 0.236 e. The van der Waals surface area contributed by atoms with Crippen LogP contribution in [0.1, 0.15) is 18.1 Å². The monoisotopic (exact) mass is 263 g/mol. The van der Waals surface area contributed by atoms with Gasteiger partial charge in [-0.1, -0.05) is 37.8 Å². The van der Waals surface area contributed by atoms with E-state index in [1.165, 1.54) is 16.6 Å². The highest BCUT2D eigenvalue weighted by molar-refractivity contribution is 5.75. The average molecular weight is 263 g/mol. The number of aromatic amines is 1. The second-order valence-corrected chi connectivity index (χ2v) is 5.07. The molecule has 0 aliphatic carbocycles. The zero-order valence-electron chi connectivity index (χ0n) is 12.0. The molecular formula is C18H19N2+. The number of rotatable bonds is 3. The fraction of sp³-hybridized carbons (Fsp3) is 0.167. The van der Waals surface area contributed by atoms with Gasteiger partial charge in [-0.3, -0.25) is 0 Å². The molecule has 0 aliphatic heterocycles. The number of aryl methyl sites for hydroxylation is 2. The van der Waals surface area contributed by atoms with E-state index < -0.39 is 0 Å². The Hall–Kier alpha value is -2.35. The minimum absolute atomic E-state index is 1.03. The van der Waals surface area contributed by atoms with Gasteiger partial charge in [-0.25, -0.2) is 9.55 Å². The Balaban J connectivity index is 2.24. The number of benzene rings is 2. The molecule has 3 rings (SSSR count). The van der Waals surface area contributed by atoms with Gasteiger partial charge in [0.25, 0.3) is 5.82 Å². The number of hydrogen-bond acceptors (Lipinski definition) is 0. The quantitative estimate of drug-likeness (QED) is 0.692. The van der Waals surface area contributed by atoms with E-state index in [1.807, 2.05) is 6.08 Å². The molecule has 20 heavy (non-hydrogen) atoms. The van der Waals surface area contributed by atoms with Crippen LogP contribution in [-0.4, -0.2) is 4.98 Å². The summed E-state index contributed by atoms with van der Waals surface area (Å²) in [6, 6.07) is 15.0. The second kappa shape index (κ2) is 4.97. The predicted octanol–water partition coefficient (Wildman–Crippen LogP) is 3.86. The zero-order valence-corrected chi connectivity index (χ0v) is 12.0. The fourth-order valence-corrected chi connectivity index (χ4v) is 2.65. The molecule has 0 saturated heterocycles. The van der Waals surface area contributed by atoms with E-state index in [0.717, 1.165) is 23.3 Å². The lowest BCUT2D eigenvalue weighted by atomic mass is 10.0. The molecule has 1 N–H and O–H groups in total. The summed E-state index contributed by atoms with van der Waals surface area (Å²) in [4.78, 5) is 3.51. The number of para-hydroxylation sites is 2. The largest absolute Gasteiger partial charge is 0.287 e. The van der Waals surface area contributed by atoms with Crippen molar-refractivity contribution in [3.8, 4) is 11.4 Å². The highest BCUT2D eigenvalue weighted by atomic mass is 15.1. The van der Waals surface area contributed by atoms with Crippen LogP contribution in [0.25, 0.3) is 28.5 Å². The third-order valence-corrected chi connectivity index (χ3v) is 3.79. The summed E-state index contributed by atoms with van der Waals surface area (Å²) >= 11 is 0. The van der Waals surface area contributed by atoms with Crippen molar-refractivity contribution in [3.63, 3.8) is 0 Å². The Morgan fingerprint density at radius 3 is 2.70 bits per heavy atom. The molecular weight excluding hydrogens is 244 g/mol. The molecule has 0 radical (unpaired) electrons. The summed E-state index contributed by atoms with van der Waals surface area (Å²) in [5.74, 6) is 1.13. The van der Waals surface area contributed by atoms with Crippen LogP contribution in [0.15, 0.2) is 49.0 Å². The van der Waals surface area contributed by atoms with Gasteiger partial charge in [0.15, 0.2) is 11.0 Å². The van der Waals surface area contributed by atoms with Gasteiger partial charge in [0, 0.05) is 0 Å². The Kier molecular flexibility index (Phi) is 3.15. The van der Waals surface area contributed by atoms with Gasteiger partial charge in [-0.15, -0.1) is 0 Å². The van der Waals surface area contributed by atoms with E-state index in [0.29, 0.717) is 0 Å². The highest BCUT2D eigenvalue weighted by Crippen LogP contribution is 2.22. The van der Waals surface area contributed by atoms with E-state index in [2.05, 4.69) is 72.6 Å². The van der Waals surface area contributed by atoms with E-state index in [-0.39, 0.29) is 0 Å². The first kappa shape index (κ1) is 12.7. The van der Waals surface area contributed by atoms with E-state index in [9.17, 15) is 0 Å². The van der Waals surface area contributed by atoms with E-state index >= 15 is 0 Å². The SMILES string of the molecule is C=Cc1cc(CC)cc(-c2[nH]c3ccccc3[n+]2C)c1. The number of imidazole rings is 1. The van der Waals surface area contributed by atoms with Crippen LogP contribution in [-0.2, 0) is 13.5 Å². The highest BCUT2D eigenvalue weighted by Gasteiger charge is 2.17. The molecule has 0 atom stereocenters. The maximum Gasteiger partial charge on any atom is 0.287 e. The third kappa shape index (κ3) is 2.03. The van der Waals surface area contributed by atoms with Crippen molar-refractivity contribution in [1.82, 2.24) is 4.98 Å². The van der Waals surface area contributed by atoms with Crippen LogP contribution in [0.5, 0.6) is 0 Å². The summed E-state index contributed by atoms with van der Waals surface area (Å²) < 4.78 is 2.21. The molecule has 0 spiro atoms. The molecule has 3 aromatic rings. The lowest BCUT2D eigenvalue weighted by Gasteiger charge is -2.03. The van der Waals surface area contributed by atoms with Crippen molar-refractivity contribution in [2.75, 3.05) is 0 Å². The Morgan fingerprint density at radius 2 is 2.00 bits per heavy atom. The molecule has 0 bridgehead atoms. The van der Waals surface area contributed by atoms with Crippen molar-refractivity contribution in [3.05, 3.63) is 60.2 Å². The van der Waals surface area contributed by atoms with Crippen LogP contribution >= 0.6 is 0 Å². The summed E-state index contributed by atoms with van der Waals surface area (Å²) in [5, 5.41) is 0. The van der Waals surface area contributed by atoms with Crippen LogP contribution in [0.3, 0.4) is 0 Å². The Labute approximate surface area is 119 Å². The average Bonchev–Trinajstić information content (AvgIpc) is 2.84. The number of nitrogens with zero attached hydrogens (tertiary/aromatic N) is 1. The number of hydrogen-bond donors (Lipinski definition) is 1. The van der Waals surface area contributed by atoms with Gasteiger partial charge in [0.2, 0.25) is 0 Å². The predicted molar refractivity (Wildman–Crippen MR) is 84.4 cm³/mol. The summed E-state index contributed by atoms with van der Waals surface area (Å²) in [6.45, 7) is 6.07. The second-order valence-electron chi connectivity index (χ2n) is 5.07. The van der Waals surface area contributed by atoms with Gasteiger partial charge in [-0.05, 0) is 41.8 Å². The van der Waals surface area contributed by atoms with Crippen molar-refractivity contribution in [2.24, 2.45) is 7.05 Å². The van der Waals surface area contributed by atoms with E-state index in [4.69, 9.17) is 0 Å². The normalized spacial score (nSPS) is 10.9. The number of aromatic nitrogens is 2. The van der Waals surface area contributed by atoms with Crippen molar-refractivity contribution < 1.29 is 4.57 Å². The maximum absolute atomic E-state index is 3.89. The topological polar surface area (TPSA) is 19.7 Å². The zero-order chi connectivity index (χ0) is 14.1. The first-order valence-electron chi connectivity index (χ1n) is 6.96. The van der Waals surface area contributed by atoms with Gasteiger partial charge < -0.3 is 0 Å². The van der Waals surface area contributed by atoms with Gasteiger partial charge in [-0.2, -0.15) is 0 Å². The summed E-state index contributed by atoms with van der Waals surface area (Å²) in [7, 11) is 2.10. The minimum Gasteiger partial charge on any atom is -0.236 e. The molecule has 100 valence electrons. The van der Waals surface area contributed by atoms with Gasteiger partial charge in [0.1, 0.15) is 0 Å². The molecule has 0 fully saturated rings. The molecule has 0 saturated carbocycles. The van der Waals surface area contributed by atoms with E-state index in [1.54, 1.807) is 0 Å². The van der Waals surface area contributed by atoms with Crippen molar-refractivity contribution >= 4 is 17.1 Å². The summed E-state index contributed by atoms with van der Waals surface area (Å²) in [5.41, 5.74) is 6.07. The Morgan fingerprint density at radius 1 is 1.20 bits per heavy atom. The third-order valence-electron chi connectivity index (χ3n) is 3.79. The fourth-order valence-electron chi connectivity index (χ4n) is 2.65. The lowest BCUT2D eigenvalue weighted by Crippen LogP contribution is -2.29. The van der Waals surface area contributed by atoms with Crippen LogP contribution in [0, 0.1) is 0 Å². The van der Waals surface area contributed by atoms with Gasteiger partial charge in [0.05, 0.1) is 12.6 Å². The molecule has 0 unspecified atom stereocenters. The van der Waals surface area contributed by atoms with Crippen LogP contribution in [0.2, 0.25) is 0 Å². The first-order chi connectivity index (χ1) is 9.72. The molecule has 1 heterocycles. The minimum atomic E-state index is 1.03. The molecule has 2 heteroatoms. The Bertz CT molecular complexity index is 781. The van der Waals surface area contributed by atoms with Crippen LogP contribution in [0.4, 0.5) is 0 Å². The maximum atomic E-state index is 3.89.